The van der Waals surface area contributed by atoms with Crippen molar-refractivity contribution < 1.29 is 17.5 Å². The second-order valence-corrected chi connectivity index (χ2v) is 17.2. The molecule has 3 aliphatic heterocycles. The van der Waals surface area contributed by atoms with E-state index in [9.17, 15) is 18.1 Å². The maximum Gasteiger partial charge on any atom is 0.262 e. The molecule has 7 rings (SSSR count). The van der Waals surface area contributed by atoms with E-state index in [4.69, 9.17) is 16.3 Å². The minimum Gasteiger partial charge on any atom is -0.433 e. The molecular formula is C37H45ClFN7O3S. The van der Waals surface area contributed by atoms with Crippen LogP contribution in [0.5, 0.6) is 11.6 Å². The van der Waals surface area contributed by atoms with E-state index in [-0.39, 0.29) is 22.8 Å². The molecule has 3 aliphatic rings. The Morgan fingerprint density at radius 2 is 1.90 bits per heavy atom. The van der Waals surface area contributed by atoms with Gasteiger partial charge in [-0.3, -0.25) is 9.80 Å². The molecule has 0 bridgehead atoms. The Kier molecular flexibility index (Phi) is 9.62. The van der Waals surface area contributed by atoms with Gasteiger partial charge in [0.2, 0.25) is 0 Å². The Bertz CT molecular complexity index is 2050. The standard InChI is InChI=1S/C37H45ClFN7O3S/c1-5-50(47,48)30-11-14-43(15-12-30)24(2)19-46-29(18-40)17-31-25(3)26(6-8-33(31)46)20-44-13-10-27-21-45(22-34(27)44)37-36(41-23-42(37)4)49-35-9-7-28(38)16-32(35)39/h6-9,16-17,23-24,27,30,34H,5,10-15,19-22H2,1-4H3. The van der Waals surface area contributed by atoms with Crippen molar-refractivity contribution in [2.75, 3.05) is 43.4 Å². The van der Waals surface area contributed by atoms with Crippen LogP contribution in [0, 0.1) is 30.0 Å². The minimum absolute atomic E-state index is 0.0914. The van der Waals surface area contributed by atoms with Gasteiger partial charge in [-0.1, -0.05) is 24.6 Å². The maximum atomic E-state index is 14.6. The molecule has 5 heterocycles. The number of halogens is 2. The Labute approximate surface area is 298 Å². The number of piperidine rings is 1. The predicted octanol–water partition coefficient (Wildman–Crippen LogP) is 6.14. The minimum atomic E-state index is -3.02. The van der Waals surface area contributed by atoms with Crippen LogP contribution in [0.25, 0.3) is 10.9 Å². The van der Waals surface area contributed by atoms with E-state index >= 15 is 0 Å². The van der Waals surface area contributed by atoms with Gasteiger partial charge in [0.15, 0.2) is 27.2 Å². The molecular weight excluding hydrogens is 677 g/mol. The normalized spacial score (nSPS) is 21.2. The maximum absolute atomic E-state index is 14.6. The molecule has 4 aromatic rings. The van der Waals surface area contributed by atoms with Gasteiger partial charge in [0, 0.05) is 67.0 Å². The molecule has 3 fully saturated rings. The molecule has 3 unspecified atom stereocenters. The third kappa shape index (κ3) is 6.49. The summed E-state index contributed by atoms with van der Waals surface area (Å²) in [6, 6.07) is 13.7. The van der Waals surface area contributed by atoms with E-state index < -0.39 is 15.7 Å². The van der Waals surface area contributed by atoms with Crippen LogP contribution in [-0.4, -0.2) is 88.1 Å². The third-order valence-electron chi connectivity index (χ3n) is 11.3. The fourth-order valence-corrected chi connectivity index (χ4v) is 9.96. The molecule has 3 atom stereocenters. The highest BCUT2D eigenvalue weighted by atomic mass is 35.5. The zero-order valence-corrected chi connectivity index (χ0v) is 30.7. The molecule has 0 N–H and O–H groups in total. The number of fused-ring (bicyclic) bond motifs is 2. The Balaban J connectivity index is 1.04. The first-order valence-electron chi connectivity index (χ1n) is 17.6. The van der Waals surface area contributed by atoms with Gasteiger partial charge in [-0.05, 0) is 100 Å². The fourth-order valence-electron chi connectivity index (χ4n) is 8.40. The monoisotopic (exact) mass is 721 g/mol. The van der Waals surface area contributed by atoms with E-state index in [2.05, 4.69) is 56.3 Å². The van der Waals surface area contributed by atoms with Crippen molar-refractivity contribution in [2.24, 2.45) is 13.0 Å². The topological polar surface area (TPSA) is 99.6 Å². The second kappa shape index (κ2) is 13.8. The Morgan fingerprint density at radius 3 is 2.62 bits per heavy atom. The molecule has 3 saturated heterocycles. The molecule has 13 heteroatoms. The van der Waals surface area contributed by atoms with Crippen molar-refractivity contribution in [1.82, 2.24) is 23.9 Å². The van der Waals surface area contributed by atoms with Crippen LogP contribution in [-0.2, 0) is 30.0 Å². The largest absolute Gasteiger partial charge is 0.433 e. The highest BCUT2D eigenvalue weighted by Gasteiger charge is 2.43. The average molecular weight is 722 g/mol. The van der Waals surface area contributed by atoms with Crippen LogP contribution in [0.1, 0.15) is 49.9 Å². The number of imidazole rings is 1. The first kappa shape index (κ1) is 34.8. The van der Waals surface area contributed by atoms with Crippen LogP contribution in [0.4, 0.5) is 10.2 Å². The van der Waals surface area contributed by atoms with E-state index in [0.717, 1.165) is 62.4 Å². The van der Waals surface area contributed by atoms with E-state index in [1.54, 1.807) is 19.3 Å². The summed E-state index contributed by atoms with van der Waals surface area (Å²) in [5.74, 6) is 1.47. The number of sulfone groups is 1. The smallest absolute Gasteiger partial charge is 0.262 e. The Morgan fingerprint density at radius 1 is 1.12 bits per heavy atom. The molecule has 10 nitrogen and oxygen atoms in total. The summed E-state index contributed by atoms with van der Waals surface area (Å²) in [4.78, 5) is 11.7. The van der Waals surface area contributed by atoms with Crippen LogP contribution < -0.4 is 9.64 Å². The predicted molar refractivity (Wildman–Crippen MR) is 194 cm³/mol. The zero-order chi connectivity index (χ0) is 35.3. The number of rotatable bonds is 10. The lowest BCUT2D eigenvalue weighted by atomic mass is 10.0. The van der Waals surface area contributed by atoms with Gasteiger partial charge < -0.3 is 18.8 Å². The van der Waals surface area contributed by atoms with E-state index in [0.29, 0.717) is 47.9 Å². The van der Waals surface area contributed by atoms with Crippen LogP contribution in [0.15, 0.2) is 42.7 Å². The molecule has 2 aromatic carbocycles. The summed E-state index contributed by atoms with van der Waals surface area (Å²) in [5.41, 5.74) is 4.16. The van der Waals surface area contributed by atoms with Crippen molar-refractivity contribution >= 4 is 38.2 Å². The number of aromatic nitrogens is 3. The van der Waals surface area contributed by atoms with Crippen LogP contribution >= 0.6 is 11.6 Å². The van der Waals surface area contributed by atoms with Gasteiger partial charge >= 0.3 is 0 Å². The number of benzene rings is 2. The Hall–Kier alpha value is -3.63. The summed E-state index contributed by atoms with van der Waals surface area (Å²) >= 11 is 5.94. The number of aryl methyl sites for hydroxylation is 2. The van der Waals surface area contributed by atoms with Crippen molar-refractivity contribution in [3.05, 3.63) is 70.4 Å². The second-order valence-electron chi connectivity index (χ2n) is 14.2. The summed E-state index contributed by atoms with van der Waals surface area (Å²) in [6.45, 7) is 11.8. The lowest BCUT2D eigenvalue weighted by Gasteiger charge is -2.36. The SMILES string of the molecule is CCS(=O)(=O)C1CCN(C(C)Cn2c(C#N)cc3c(C)c(CN4CCC5CN(c6c(Oc7ccc(Cl)cc7F)ncn6C)CC54)ccc32)CC1. The lowest BCUT2D eigenvalue weighted by molar-refractivity contribution is 0.161. The number of ether oxygens (including phenoxy) is 1. The van der Waals surface area contributed by atoms with Crippen molar-refractivity contribution in [2.45, 2.75) is 70.5 Å². The van der Waals surface area contributed by atoms with E-state index in [1.807, 2.05) is 17.7 Å². The fraction of sp³-hybridized carbons (Fsp3) is 0.514. The number of hydrogen-bond acceptors (Lipinski definition) is 8. The van der Waals surface area contributed by atoms with Crippen molar-refractivity contribution in [3.63, 3.8) is 0 Å². The molecule has 0 spiro atoms. The number of nitrogens with zero attached hydrogens (tertiary/aromatic N) is 7. The number of anilines is 1. The zero-order valence-electron chi connectivity index (χ0n) is 29.1. The highest BCUT2D eigenvalue weighted by molar-refractivity contribution is 7.92. The summed E-state index contributed by atoms with van der Waals surface area (Å²) < 4.78 is 49.4. The molecule has 50 heavy (non-hydrogen) atoms. The molecule has 0 aliphatic carbocycles. The summed E-state index contributed by atoms with van der Waals surface area (Å²) in [7, 11) is -1.08. The van der Waals surface area contributed by atoms with Crippen LogP contribution in [0.3, 0.4) is 0 Å². The average Bonchev–Trinajstić information content (AvgIpc) is 3.87. The van der Waals surface area contributed by atoms with Crippen molar-refractivity contribution in [3.8, 4) is 17.7 Å². The summed E-state index contributed by atoms with van der Waals surface area (Å²) in [5, 5.41) is 11.3. The van der Waals surface area contributed by atoms with Crippen molar-refractivity contribution in [1.29, 1.82) is 5.26 Å². The van der Waals surface area contributed by atoms with Gasteiger partial charge in [-0.15, -0.1) is 0 Å². The quantitative estimate of drug-likeness (QED) is 0.193. The third-order valence-corrected chi connectivity index (χ3v) is 13.9. The molecule has 0 saturated carbocycles. The number of hydrogen-bond donors (Lipinski definition) is 0. The first-order chi connectivity index (χ1) is 24.0. The van der Waals surface area contributed by atoms with Gasteiger partial charge in [0.1, 0.15) is 18.1 Å². The molecule has 2 aromatic heterocycles. The van der Waals surface area contributed by atoms with Gasteiger partial charge in [0.25, 0.3) is 5.88 Å². The van der Waals surface area contributed by atoms with Crippen LogP contribution in [0.2, 0.25) is 5.02 Å². The number of nitriles is 1. The number of likely N-dealkylation sites (tertiary alicyclic amines) is 2. The lowest BCUT2D eigenvalue weighted by Crippen LogP contribution is -2.45. The molecule has 0 radical (unpaired) electrons. The molecule has 0 amide bonds. The van der Waals surface area contributed by atoms with Gasteiger partial charge in [0.05, 0.1) is 5.25 Å². The molecule has 266 valence electrons. The first-order valence-corrected chi connectivity index (χ1v) is 19.7. The highest BCUT2D eigenvalue weighted by Crippen LogP contribution is 2.40. The van der Waals surface area contributed by atoms with Gasteiger partial charge in [-0.25, -0.2) is 17.8 Å². The van der Waals surface area contributed by atoms with E-state index in [1.165, 1.54) is 23.3 Å². The van der Waals surface area contributed by atoms with Gasteiger partial charge in [-0.2, -0.15) is 5.26 Å². The summed E-state index contributed by atoms with van der Waals surface area (Å²) in [6.07, 6.45) is 4.12.